The van der Waals surface area contributed by atoms with E-state index in [1.807, 2.05) is 0 Å². The molecule has 0 radical (unpaired) electrons. The van der Waals surface area contributed by atoms with Gasteiger partial charge < -0.3 is 15.7 Å². The summed E-state index contributed by atoms with van der Waals surface area (Å²) in [7, 11) is 2.16. The van der Waals surface area contributed by atoms with Crippen LogP contribution in [0.25, 0.3) is 0 Å². The summed E-state index contributed by atoms with van der Waals surface area (Å²) in [4.78, 5) is 2.34. The van der Waals surface area contributed by atoms with E-state index in [1.165, 1.54) is 12.8 Å². The zero-order valence-corrected chi connectivity index (χ0v) is 12.1. The van der Waals surface area contributed by atoms with E-state index < -0.39 is 5.60 Å². The first-order chi connectivity index (χ1) is 8.55. The Morgan fingerprint density at radius 1 is 1.28 bits per heavy atom. The lowest BCUT2D eigenvalue weighted by atomic mass is 9.66. The van der Waals surface area contributed by atoms with Crippen molar-refractivity contribution in [3.05, 3.63) is 0 Å². The fraction of sp³-hybridized carbons (Fsp3) is 1.00. The van der Waals surface area contributed by atoms with E-state index in [-0.39, 0.29) is 5.41 Å². The Kier molecular flexibility index (Phi) is 4.35. The van der Waals surface area contributed by atoms with E-state index in [1.54, 1.807) is 0 Å². The molecule has 1 aliphatic heterocycles. The van der Waals surface area contributed by atoms with Gasteiger partial charge in [-0.15, -0.1) is 0 Å². The van der Waals surface area contributed by atoms with Crippen LogP contribution in [0, 0.1) is 11.3 Å². The SMILES string of the molecule is CCC1CCC(CN)(C2(O)CCCN(C)CC2)C1. The zero-order chi connectivity index (χ0) is 13.2. The fourth-order valence-corrected chi connectivity index (χ4v) is 4.17. The first-order valence-electron chi connectivity index (χ1n) is 7.66. The standard InChI is InChI=1S/C15H30N2O/c1-3-13-5-7-14(11-13,12-16)15(18)6-4-9-17(2)10-8-15/h13,18H,3-12,16H2,1-2H3. The van der Waals surface area contributed by atoms with Gasteiger partial charge in [0.25, 0.3) is 0 Å². The molecule has 0 bridgehead atoms. The molecule has 3 atom stereocenters. The maximum absolute atomic E-state index is 11.2. The van der Waals surface area contributed by atoms with Gasteiger partial charge in [0.2, 0.25) is 0 Å². The molecule has 0 aromatic rings. The van der Waals surface area contributed by atoms with Crippen LogP contribution < -0.4 is 5.73 Å². The van der Waals surface area contributed by atoms with E-state index in [2.05, 4.69) is 18.9 Å². The average molecular weight is 254 g/mol. The molecule has 0 aromatic heterocycles. The molecule has 0 spiro atoms. The van der Waals surface area contributed by atoms with Gasteiger partial charge in [-0.3, -0.25) is 0 Å². The highest BCUT2D eigenvalue weighted by Crippen LogP contribution is 2.52. The van der Waals surface area contributed by atoms with Crippen LogP contribution in [0.1, 0.15) is 51.9 Å². The van der Waals surface area contributed by atoms with E-state index in [4.69, 9.17) is 5.73 Å². The van der Waals surface area contributed by atoms with E-state index in [0.717, 1.165) is 51.1 Å². The maximum Gasteiger partial charge on any atom is 0.0728 e. The number of rotatable bonds is 3. The van der Waals surface area contributed by atoms with Gasteiger partial charge in [-0.1, -0.05) is 13.3 Å². The summed E-state index contributed by atoms with van der Waals surface area (Å²) in [5.74, 6) is 0.776. The number of hydrogen-bond acceptors (Lipinski definition) is 3. The Balaban J connectivity index is 2.15. The van der Waals surface area contributed by atoms with Gasteiger partial charge in [0.15, 0.2) is 0 Å². The van der Waals surface area contributed by atoms with Gasteiger partial charge in [-0.2, -0.15) is 0 Å². The number of hydrogen-bond donors (Lipinski definition) is 2. The maximum atomic E-state index is 11.2. The second-order valence-electron chi connectivity index (χ2n) is 6.69. The van der Waals surface area contributed by atoms with Crippen molar-refractivity contribution in [2.45, 2.75) is 57.5 Å². The lowest BCUT2D eigenvalue weighted by molar-refractivity contribution is -0.0899. The molecule has 0 amide bonds. The van der Waals surface area contributed by atoms with Gasteiger partial charge in [0.05, 0.1) is 5.60 Å². The normalized spacial score (nSPS) is 43.0. The number of nitrogens with two attached hydrogens (primary N) is 1. The van der Waals surface area contributed by atoms with Crippen molar-refractivity contribution in [1.29, 1.82) is 0 Å². The second kappa shape index (κ2) is 5.48. The first-order valence-corrected chi connectivity index (χ1v) is 7.66. The lowest BCUT2D eigenvalue weighted by Crippen LogP contribution is -2.51. The van der Waals surface area contributed by atoms with Gasteiger partial charge in [-0.25, -0.2) is 0 Å². The van der Waals surface area contributed by atoms with Crippen molar-refractivity contribution in [2.24, 2.45) is 17.1 Å². The van der Waals surface area contributed by atoms with Gasteiger partial charge in [0.1, 0.15) is 0 Å². The van der Waals surface area contributed by atoms with Crippen molar-refractivity contribution in [2.75, 3.05) is 26.7 Å². The van der Waals surface area contributed by atoms with Crippen molar-refractivity contribution in [3.63, 3.8) is 0 Å². The summed E-state index contributed by atoms with van der Waals surface area (Å²) < 4.78 is 0. The van der Waals surface area contributed by atoms with E-state index in [0.29, 0.717) is 6.54 Å². The lowest BCUT2D eigenvalue weighted by Gasteiger charge is -2.45. The highest BCUT2D eigenvalue weighted by atomic mass is 16.3. The molecule has 2 fully saturated rings. The van der Waals surface area contributed by atoms with Crippen molar-refractivity contribution < 1.29 is 5.11 Å². The molecule has 3 N–H and O–H groups in total. The van der Waals surface area contributed by atoms with Crippen LogP contribution in [0.15, 0.2) is 0 Å². The van der Waals surface area contributed by atoms with Crippen LogP contribution >= 0.6 is 0 Å². The molecular formula is C15H30N2O. The van der Waals surface area contributed by atoms with Crippen LogP contribution in [0.3, 0.4) is 0 Å². The molecule has 1 heterocycles. The van der Waals surface area contributed by atoms with Crippen molar-refractivity contribution in [3.8, 4) is 0 Å². The summed E-state index contributed by atoms with van der Waals surface area (Å²) >= 11 is 0. The monoisotopic (exact) mass is 254 g/mol. The smallest absolute Gasteiger partial charge is 0.0728 e. The van der Waals surface area contributed by atoms with Crippen LogP contribution in [-0.4, -0.2) is 42.3 Å². The minimum absolute atomic E-state index is 0.00113. The topological polar surface area (TPSA) is 49.5 Å². The summed E-state index contributed by atoms with van der Waals surface area (Å²) in [5, 5.41) is 11.2. The van der Waals surface area contributed by atoms with Crippen LogP contribution in [0.5, 0.6) is 0 Å². The Labute approximate surface area is 112 Å². The third-order valence-corrected chi connectivity index (χ3v) is 5.70. The third-order valence-electron chi connectivity index (χ3n) is 5.70. The van der Waals surface area contributed by atoms with E-state index in [9.17, 15) is 5.11 Å². The molecule has 1 aliphatic carbocycles. The zero-order valence-electron chi connectivity index (χ0n) is 12.1. The minimum Gasteiger partial charge on any atom is -0.389 e. The summed E-state index contributed by atoms with van der Waals surface area (Å²) in [6.07, 6.45) is 7.69. The molecule has 3 heteroatoms. The molecule has 1 saturated heterocycles. The Bertz CT molecular complexity index is 284. The Hall–Kier alpha value is -0.120. The molecule has 18 heavy (non-hydrogen) atoms. The summed E-state index contributed by atoms with van der Waals surface area (Å²) in [5.41, 5.74) is 5.60. The summed E-state index contributed by atoms with van der Waals surface area (Å²) in [6, 6.07) is 0. The van der Waals surface area contributed by atoms with Crippen LogP contribution in [-0.2, 0) is 0 Å². The number of aliphatic hydroxyl groups is 1. The molecule has 1 saturated carbocycles. The highest BCUT2D eigenvalue weighted by Gasteiger charge is 2.52. The van der Waals surface area contributed by atoms with Gasteiger partial charge in [-0.05, 0) is 58.0 Å². The first kappa shape index (κ1) is 14.3. The van der Waals surface area contributed by atoms with Gasteiger partial charge in [0, 0.05) is 18.5 Å². The third kappa shape index (κ3) is 2.45. The van der Waals surface area contributed by atoms with Crippen molar-refractivity contribution in [1.82, 2.24) is 4.90 Å². The average Bonchev–Trinajstić information content (AvgIpc) is 2.74. The number of nitrogens with zero attached hydrogens (tertiary/aromatic N) is 1. The van der Waals surface area contributed by atoms with Crippen LogP contribution in [0.4, 0.5) is 0 Å². The second-order valence-corrected chi connectivity index (χ2v) is 6.69. The molecule has 2 aliphatic rings. The number of likely N-dealkylation sites (tertiary alicyclic amines) is 1. The predicted octanol–water partition coefficient (Wildman–Crippen LogP) is 1.99. The molecule has 2 rings (SSSR count). The van der Waals surface area contributed by atoms with E-state index >= 15 is 0 Å². The fourth-order valence-electron chi connectivity index (χ4n) is 4.17. The van der Waals surface area contributed by atoms with Gasteiger partial charge >= 0.3 is 0 Å². The molecule has 3 nitrogen and oxygen atoms in total. The summed E-state index contributed by atoms with van der Waals surface area (Å²) in [6.45, 7) is 5.04. The minimum atomic E-state index is -0.517. The highest BCUT2D eigenvalue weighted by molar-refractivity contribution is 5.05. The Morgan fingerprint density at radius 3 is 2.67 bits per heavy atom. The molecule has 106 valence electrons. The predicted molar refractivity (Wildman–Crippen MR) is 75.4 cm³/mol. The quantitative estimate of drug-likeness (QED) is 0.810. The molecule has 0 aromatic carbocycles. The van der Waals surface area contributed by atoms with Crippen LogP contribution in [0.2, 0.25) is 0 Å². The largest absolute Gasteiger partial charge is 0.389 e. The van der Waals surface area contributed by atoms with Crippen molar-refractivity contribution >= 4 is 0 Å². The Morgan fingerprint density at radius 2 is 2.06 bits per heavy atom. The molecule has 3 unspecified atom stereocenters. The molecular weight excluding hydrogens is 224 g/mol.